The fraction of sp³-hybridized carbons (Fsp3) is 0.333. The number of hydrogen-bond acceptors (Lipinski definition) is 5. The van der Waals surface area contributed by atoms with Crippen molar-refractivity contribution < 1.29 is 9.21 Å². The molecule has 1 aromatic rings. The first-order valence-electron chi connectivity index (χ1n) is 4.39. The van der Waals surface area contributed by atoms with Crippen LogP contribution in [0.3, 0.4) is 0 Å². The van der Waals surface area contributed by atoms with E-state index in [1.807, 2.05) is 0 Å². The third-order valence-corrected chi connectivity index (χ3v) is 2.67. The van der Waals surface area contributed by atoms with Crippen molar-refractivity contribution in [2.45, 2.75) is 11.5 Å². The van der Waals surface area contributed by atoms with Crippen molar-refractivity contribution in [3.05, 3.63) is 17.9 Å². The van der Waals surface area contributed by atoms with E-state index in [1.54, 1.807) is 12.1 Å². The molecule has 0 amide bonds. The summed E-state index contributed by atoms with van der Waals surface area (Å²) in [5, 5.41) is 4.72. The van der Waals surface area contributed by atoms with Crippen molar-refractivity contribution in [3.8, 4) is 0 Å². The van der Waals surface area contributed by atoms with Gasteiger partial charge in [0.05, 0.1) is 0 Å². The van der Waals surface area contributed by atoms with Crippen molar-refractivity contribution in [2.75, 3.05) is 13.1 Å². The van der Waals surface area contributed by atoms with Gasteiger partial charge in [0.1, 0.15) is 0 Å². The quantitative estimate of drug-likeness (QED) is 0.752. The average molecular weight is 210 g/mol. The minimum Gasteiger partial charge on any atom is -0.447 e. The highest BCUT2D eigenvalue weighted by Gasteiger charge is 2.08. The highest BCUT2D eigenvalue weighted by molar-refractivity contribution is 8.13. The Hall–Kier alpha value is -1.23. The lowest BCUT2D eigenvalue weighted by molar-refractivity contribution is 0.109. The van der Waals surface area contributed by atoms with Crippen LogP contribution in [0, 0.1) is 0 Å². The second-order valence-electron chi connectivity index (χ2n) is 2.84. The molecule has 74 valence electrons. The molecule has 1 aliphatic heterocycles. The number of nitrogens with one attached hydrogen (secondary N) is 1. The maximum Gasteiger partial charge on any atom is 0.185 e. The van der Waals surface area contributed by atoms with Crippen LogP contribution < -0.4 is 5.32 Å². The predicted octanol–water partition coefficient (Wildman–Crippen LogP) is 1.53. The molecule has 14 heavy (non-hydrogen) atoms. The third kappa shape index (κ3) is 2.17. The Morgan fingerprint density at radius 1 is 1.57 bits per heavy atom. The van der Waals surface area contributed by atoms with Gasteiger partial charge in [0.2, 0.25) is 0 Å². The van der Waals surface area contributed by atoms with Gasteiger partial charge in [0.25, 0.3) is 0 Å². The molecule has 1 aliphatic rings. The first-order chi connectivity index (χ1) is 6.88. The monoisotopic (exact) mass is 210 g/mol. The Kier molecular flexibility index (Phi) is 2.88. The molecule has 0 atom stereocenters. The number of thioether (sulfide) groups is 1. The van der Waals surface area contributed by atoms with Gasteiger partial charge in [-0.05, 0) is 30.3 Å². The summed E-state index contributed by atoms with van der Waals surface area (Å²) in [5.41, 5.74) is 0. The van der Waals surface area contributed by atoms with Crippen LogP contribution >= 0.6 is 11.8 Å². The molecule has 0 spiro atoms. The van der Waals surface area contributed by atoms with E-state index in [4.69, 9.17) is 4.42 Å². The van der Waals surface area contributed by atoms with Crippen molar-refractivity contribution >= 4 is 23.2 Å². The number of nitrogens with zero attached hydrogens (tertiary/aromatic N) is 1. The normalized spacial score (nSPS) is 15.9. The molecule has 2 rings (SSSR count). The molecule has 0 aromatic carbocycles. The molecule has 0 fully saturated rings. The number of rotatable bonds is 2. The summed E-state index contributed by atoms with van der Waals surface area (Å²) >= 11 is 1.41. The van der Waals surface area contributed by atoms with E-state index < -0.39 is 0 Å². The predicted molar refractivity (Wildman–Crippen MR) is 54.9 cm³/mol. The second kappa shape index (κ2) is 4.32. The first-order valence-corrected chi connectivity index (χ1v) is 5.21. The summed E-state index contributed by atoms with van der Waals surface area (Å²) in [6.07, 6.45) is 1.77. The van der Waals surface area contributed by atoms with Crippen LogP contribution in [0.4, 0.5) is 0 Å². The van der Waals surface area contributed by atoms with Gasteiger partial charge < -0.3 is 9.73 Å². The SMILES string of the molecule is O=Cc1ccc(SC2=NCCCN2)o1. The van der Waals surface area contributed by atoms with Gasteiger partial charge in [-0.2, -0.15) is 0 Å². The topological polar surface area (TPSA) is 54.6 Å². The number of carbonyl (C=O) groups is 1. The van der Waals surface area contributed by atoms with E-state index in [-0.39, 0.29) is 0 Å². The first kappa shape index (κ1) is 9.33. The minimum absolute atomic E-state index is 0.351. The zero-order valence-electron chi connectivity index (χ0n) is 7.53. The van der Waals surface area contributed by atoms with E-state index in [0.717, 1.165) is 24.7 Å². The molecule has 0 saturated heterocycles. The Morgan fingerprint density at radius 3 is 3.14 bits per heavy atom. The van der Waals surface area contributed by atoms with Crippen LogP contribution in [0.25, 0.3) is 0 Å². The van der Waals surface area contributed by atoms with Gasteiger partial charge in [0.15, 0.2) is 22.3 Å². The number of aldehydes is 1. The summed E-state index contributed by atoms with van der Waals surface area (Å²) in [6, 6.07) is 3.42. The lowest BCUT2D eigenvalue weighted by atomic mass is 10.4. The number of furan rings is 1. The Morgan fingerprint density at radius 2 is 2.50 bits per heavy atom. The summed E-state index contributed by atoms with van der Waals surface area (Å²) in [6.45, 7) is 1.81. The molecule has 0 saturated carbocycles. The van der Waals surface area contributed by atoms with Crippen LogP contribution in [0.15, 0.2) is 26.6 Å². The molecule has 1 N–H and O–H groups in total. The van der Waals surface area contributed by atoms with Gasteiger partial charge in [-0.1, -0.05) is 0 Å². The Balaban J connectivity index is 2.02. The van der Waals surface area contributed by atoms with Crippen molar-refractivity contribution in [1.29, 1.82) is 0 Å². The third-order valence-electron chi connectivity index (χ3n) is 1.78. The lowest BCUT2D eigenvalue weighted by Crippen LogP contribution is -2.26. The largest absolute Gasteiger partial charge is 0.447 e. The van der Waals surface area contributed by atoms with Crippen LogP contribution in [0.5, 0.6) is 0 Å². The Labute approximate surface area is 85.8 Å². The number of hydrogen-bond donors (Lipinski definition) is 1. The average Bonchev–Trinajstić information content (AvgIpc) is 2.67. The second-order valence-corrected chi connectivity index (χ2v) is 3.84. The van der Waals surface area contributed by atoms with Crippen molar-refractivity contribution in [2.24, 2.45) is 4.99 Å². The fourth-order valence-corrected chi connectivity index (χ4v) is 1.92. The standard InChI is InChI=1S/C9H10N2O2S/c12-6-7-2-3-8(13-7)14-9-10-4-1-5-11-9/h2-3,6H,1,4-5H2,(H,10,11). The zero-order valence-corrected chi connectivity index (χ0v) is 8.34. The van der Waals surface area contributed by atoms with E-state index in [1.165, 1.54) is 11.8 Å². The molecule has 4 nitrogen and oxygen atoms in total. The molecule has 1 aromatic heterocycles. The maximum atomic E-state index is 10.4. The van der Waals surface area contributed by atoms with Crippen molar-refractivity contribution in [3.63, 3.8) is 0 Å². The summed E-state index contributed by atoms with van der Waals surface area (Å²) in [5.74, 6) is 0.351. The molecule has 2 heterocycles. The summed E-state index contributed by atoms with van der Waals surface area (Å²) in [7, 11) is 0. The molecule has 5 heteroatoms. The Bertz CT molecular complexity index is 359. The van der Waals surface area contributed by atoms with Gasteiger partial charge in [-0.3, -0.25) is 9.79 Å². The highest BCUT2D eigenvalue weighted by atomic mass is 32.2. The van der Waals surface area contributed by atoms with Crippen LogP contribution in [0.1, 0.15) is 17.0 Å². The smallest absolute Gasteiger partial charge is 0.185 e. The van der Waals surface area contributed by atoms with Crippen LogP contribution in [-0.2, 0) is 0 Å². The molecule has 0 bridgehead atoms. The van der Waals surface area contributed by atoms with Gasteiger partial charge >= 0.3 is 0 Å². The molecular weight excluding hydrogens is 200 g/mol. The molecule has 0 unspecified atom stereocenters. The van der Waals surface area contributed by atoms with Crippen LogP contribution in [-0.4, -0.2) is 24.5 Å². The van der Waals surface area contributed by atoms with Gasteiger partial charge in [-0.15, -0.1) is 0 Å². The van der Waals surface area contributed by atoms with Gasteiger partial charge in [0, 0.05) is 13.1 Å². The van der Waals surface area contributed by atoms with Gasteiger partial charge in [-0.25, -0.2) is 0 Å². The fourth-order valence-electron chi connectivity index (χ4n) is 1.13. The lowest BCUT2D eigenvalue weighted by Gasteiger charge is -2.11. The summed E-state index contributed by atoms with van der Waals surface area (Å²) in [4.78, 5) is 14.6. The maximum absolute atomic E-state index is 10.4. The van der Waals surface area contributed by atoms with Crippen molar-refractivity contribution in [1.82, 2.24) is 5.32 Å². The number of aliphatic imine (C=N–C) groups is 1. The molecular formula is C9H10N2O2S. The highest BCUT2D eigenvalue weighted by Crippen LogP contribution is 2.21. The van der Waals surface area contributed by atoms with E-state index >= 15 is 0 Å². The number of carbonyl (C=O) groups excluding carboxylic acids is 1. The van der Waals surface area contributed by atoms with E-state index in [0.29, 0.717) is 17.1 Å². The van der Waals surface area contributed by atoms with Crippen LogP contribution in [0.2, 0.25) is 0 Å². The molecule has 0 aliphatic carbocycles. The zero-order chi connectivity index (χ0) is 9.80. The molecule has 0 radical (unpaired) electrons. The summed E-state index contributed by atoms with van der Waals surface area (Å²) < 4.78 is 5.21. The minimum atomic E-state index is 0.351. The number of amidine groups is 1. The van der Waals surface area contributed by atoms with E-state index in [9.17, 15) is 4.79 Å². The van der Waals surface area contributed by atoms with E-state index in [2.05, 4.69) is 10.3 Å².